The second-order valence-electron chi connectivity index (χ2n) is 6.43. The minimum Gasteiger partial charge on any atom is -0.352 e. The maximum absolute atomic E-state index is 13.5. The van der Waals surface area contributed by atoms with Crippen molar-refractivity contribution in [3.8, 4) is 0 Å². The fraction of sp³-hybridized carbons (Fsp3) is 0.529. The van der Waals surface area contributed by atoms with Gasteiger partial charge in [0, 0.05) is 25.6 Å². The molecule has 0 saturated heterocycles. The van der Waals surface area contributed by atoms with Crippen LogP contribution in [0.2, 0.25) is 0 Å². The number of nitrogens with two attached hydrogens (primary N) is 1. The molecule has 1 saturated carbocycles. The smallest absolute Gasteiger partial charge is 0.254 e. The van der Waals surface area contributed by atoms with Crippen molar-refractivity contribution in [1.82, 2.24) is 10.6 Å². The normalized spacial score (nSPS) is 15.7. The van der Waals surface area contributed by atoms with E-state index in [1.807, 2.05) is 6.92 Å². The van der Waals surface area contributed by atoms with E-state index in [1.54, 1.807) is 0 Å². The summed E-state index contributed by atoms with van der Waals surface area (Å²) in [4.78, 5) is 23.8. The van der Waals surface area contributed by atoms with Gasteiger partial charge in [0.1, 0.15) is 11.6 Å². The van der Waals surface area contributed by atoms with Crippen LogP contribution < -0.4 is 16.4 Å². The SMILES string of the molecule is CC(CN)(NC(=O)CCCNC(=O)c1ccc(F)cc1F)C1CC1.Cl. The number of carbonyl (C=O) groups is 2. The Balaban J connectivity index is 0.00000312. The predicted octanol–water partition coefficient (Wildman–Crippen LogP) is 2.14. The van der Waals surface area contributed by atoms with Crippen LogP contribution in [0.25, 0.3) is 0 Å². The molecule has 1 aromatic carbocycles. The number of hydrogen-bond donors (Lipinski definition) is 3. The van der Waals surface area contributed by atoms with Crippen molar-refractivity contribution in [2.45, 2.75) is 38.1 Å². The second-order valence-corrected chi connectivity index (χ2v) is 6.43. The molecule has 0 aromatic heterocycles. The molecule has 1 fully saturated rings. The van der Waals surface area contributed by atoms with E-state index in [9.17, 15) is 18.4 Å². The number of nitrogens with one attached hydrogen (secondary N) is 2. The molecule has 1 aromatic rings. The third-order valence-electron chi connectivity index (χ3n) is 4.37. The average Bonchev–Trinajstić information content (AvgIpc) is 3.36. The molecule has 0 bridgehead atoms. The summed E-state index contributed by atoms with van der Waals surface area (Å²) in [6, 6.07) is 2.78. The summed E-state index contributed by atoms with van der Waals surface area (Å²) in [5, 5.41) is 5.48. The van der Waals surface area contributed by atoms with Crippen LogP contribution in [0.4, 0.5) is 8.78 Å². The van der Waals surface area contributed by atoms with Gasteiger partial charge in [-0.3, -0.25) is 9.59 Å². The van der Waals surface area contributed by atoms with E-state index >= 15 is 0 Å². The highest BCUT2D eigenvalue weighted by atomic mass is 35.5. The van der Waals surface area contributed by atoms with E-state index in [0.29, 0.717) is 24.9 Å². The Morgan fingerprint density at radius 2 is 2.00 bits per heavy atom. The molecule has 2 rings (SSSR count). The Hall–Kier alpha value is -1.73. The highest BCUT2D eigenvalue weighted by Gasteiger charge is 2.41. The summed E-state index contributed by atoms with van der Waals surface area (Å²) in [6.07, 6.45) is 2.82. The Labute approximate surface area is 152 Å². The van der Waals surface area contributed by atoms with Gasteiger partial charge < -0.3 is 16.4 Å². The molecule has 0 aliphatic heterocycles. The topological polar surface area (TPSA) is 84.2 Å². The summed E-state index contributed by atoms with van der Waals surface area (Å²) in [5.41, 5.74) is 5.17. The van der Waals surface area contributed by atoms with Crippen LogP contribution in [-0.2, 0) is 4.79 Å². The van der Waals surface area contributed by atoms with Crippen molar-refractivity contribution in [1.29, 1.82) is 0 Å². The molecular weight excluding hydrogens is 352 g/mol. The van der Waals surface area contributed by atoms with Gasteiger partial charge in [-0.15, -0.1) is 12.4 Å². The third kappa shape index (κ3) is 5.93. The Bertz CT molecular complexity index is 626. The first-order valence-electron chi connectivity index (χ1n) is 8.10. The summed E-state index contributed by atoms with van der Waals surface area (Å²) >= 11 is 0. The molecule has 0 radical (unpaired) electrons. The van der Waals surface area contributed by atoms with Gasteiger partial charge in [0.05, 0.1) is 11.1 Å². The van der Waals surface area contributed by atoms with Crippen molar-refractivity contribution in [2.75, 3.05) is 13.1 Å². The highest BCUT2D eigenvalue weighted by Crippen LogP contribution is 2.38. The van der Waals surface area contributed by atoms with Crippen molar-refractivity contribution in [3.63, 3.8) is 0 Å². The molecule has 8 heteroatoms. The number of halogens is 3. The Morgan fingerprint density at radius 3 is 2.56 bits per heavy atom. The van der Waals surface area contributed by atoms with Gasteiger partial charge in [0.25, 0.3) is 5.91 Å². The first-order chi connectivity index (χ1) is 11.4. The maximum atomic E-state index is 13.5. The lowest BCUT2D eigenvalue weighted by atomic mass is 9.95. The minimum atomic E-state index is -0.909. The minimum absolute atomic E-state index is 0. The molecule has 1 aliphatic rings. The summed E-state index contributed by atoms with van der Waals surface area (Å²) in [7, 11) is 0. The molecule has 1 atom stereocenters. The zero-order valence-electron chi connectivity index (χ0n) is 14.1. The van der Waals surface area contributed by atoms with E-state index in [-0.39, 0.29) is 42.4 Å². The highest BCUT2D eigenvalue weighted by molar-refractivity contribution is 5.94. The van der Waals surface area contributed by atoms with Gasteiger partial charge >= 0.3 is 0 Å². The second kappa shape index (κ2) is 9.10. The fourth-order valence-corrected chi connectivity index (χ4v) is 2.64. The van der Waals surface area contributed by atoms with Crippen molar-refractivity contribution in [3.05, 3.63) is 35.4 Å². The van der Waals surface area contributed by atoms with E-state index < -0.39 is 17.5 Å². The summed E-state index contributed by atoms with van der Waals surface area (Å²) in [5.74, 6) is -1.95. The number of hydrogen-bond acceptors (Lipinski definition) is 3. The number of benzene rings is 1. The van der Waals surface area contributed by atoms with Gasteiger partial charge in [0.15, 0.2) is 0 Å². The standard InChI is InChI=1S/C17H23F2N3O2.ClH/c1-17(10-20,11-4-5-11)22-15(23)3-2-8-21-16(24)13-7-6-12(18)9-14(13)19;/h6-7,9,11H,2-5,8,10,20H2,1H3,(H,21,24)(H,22,23);1H. The quantitative estimate of drug-likeness (QED) is 0.609. The van der Waals surface area contributed by atoms with Crippen LogP contribution in [0.15, 0.2) is 18.2 Å². The molecule has 2 amide bonds. The van der Waals surface area contributed by atoms with Crippen molar-refractivity contribution in [2.24, 2.45) is 11.7 Å². The monoisotopic (exact) mass is 375 g/mol. The van der Waals surface area contributed by atoms with Crippen LogP contribution in [0, 0.1) is 17.6 Å². The largest absolute Gasteiger partial charge is 0.352 e. The first-order valence-corrected chi connectivity index (χ1v) is 8.10. The van der Waals surface area contributed by atoms with Gasteiger partial charge in [-0.05, 0) is 44.2 Å². The third-order valence-corrected chi connectivity index (χ3v) is 4.37. The van der Waals surface area contributed by atoms with E-state index in [4.69, 9.17) is 5.73 Å². The summed E-state index contributed by atoms with van der Waals surface area (Å²) < 4.78 is 26.3. The van der Waals surface area contributed by atoms with Gasteiger partial charge in [-0.1, -0.05) is 0 Å². The van der Waals surface area contributed by atoms with Crippen LogP contribution in [0.5, 0.6) is 0 Å². The zero-order valence-corrected chi connectivity index (χ0v) is 14.9. The number of rotatable bonds is 8. The Kier molecular flexibility index (Phi) is 7.76. The van der Waals surface area contributed by atoms with E-state index in [0.717, 1.165) is 25.0 Å². The molecule has 4 N–H and O–H groups in total. The van der Waals surface area contributed by atoms with Crippen LogP contribution in [0.1, 0.15) is 43.0 Å². The first kappa shape index (κ1) is 21.3. The molecule has 5 nitrogen and oxygen atoms in total. The molecule has 1 aliphatic carbocycles. The van der Waals surface area contributed by atoms with Crippen LogP contribution in [0.3, 0.4) is 0 Å². The molecule has 25 heavy (non-hydrogen) atoms. The maximum Gasteiger partial charge on any atom is 0.254 e. The van der Waals surface area contributed by atoms with Gasteiger partial charge in [0.2, 0.25) is 5.91 Å². The van der Waals surface area contributed by atoms with Crippen molar-refractivity contribution < 1.29 is 18.4 Å². The summed E-state index contributed by atoms with van der Waals surface area (Å²) in [6.45, 7) is 2.57. The molecule has 1 unspecified atom stereocenters. The van der Waals surface area contributed by atoms with E-state index in [2.05, 4.69) is 10.6 Å². The van der Waals surface area contributed by atoms with Gasteiger partial charge in [-0.25, -0.2) is 8.78 Å². The molecule has 140 valence electrons. The lowest BCUT2D eigenvalue weighted by Gasteiger charge is -2.29. The average molecular weight is 376 g/mol. The number of amides is 2. The molecule has 0 heterocycles. The fourth-order valence-electron chi connectivity index (χ4n) is 2.64. The Morgan fingerprint density at radius 1 is 1.32 bits per heavy atom. The van der Waals surface area contributed by atoms with Crippen LogP contribution >= 0.6 is 12.4 Å². The lowest BCUT2D eigenvalue weighted by Crippen LogP contribution is -2.53. The van der Waals surface area contributed by atoms with Crippen LogP contribution in [-0.4, -0.2) is 30.4 Å². The molecular formula is C17H24ClF2N3O2. The number of carbonyl (C=O) groups excluding carboxylic acids is 2. The predicted molar refractivity (Wildman–Crippen MR) is 93.5 cm³/mol. The molecule has 0 spiro atoms. The van der Waals surface area contributed by atoms with E-state index in [1.165, 1.54) is 0 Å². The van der Waals surface area contributed by atoms with Gasteiger partial charge in [-0.2, -0.15) is 0 Å². The zero-order chi connectivity index (χ0) is 17.7. The van der Waals surface area contributed by atoms with Crippen molar-refractivity contribution >= 4 is 24.2 Å². The lowest BCUT2D eigenvalue weighted by molar-refractivity contribution is -0.123.